The van der Waals surface area contributed by atoms with Gasteiger partial charge in [-0.2, -0.15) is 0 Å². The summed E-state index contributed by atoms with van der Waals surface area (Å²) in [5, 5.41) is 3.73. The van der Waals surface area contributed by atoms with Gasteiger partial charge < -0.3 is 28.3 Å². The van der Waals surface area contributed by atoms with Crippen molar-refractivity contribution in [1.29, 1.82) is 0 Å². The van der Waals surface area contributed by atoms with Crippen molar-refractivity contribution in [2.75, 3.05) is 13.7 Å². The van der Waals surface area contributed by atoms with Crippen molar-refractivity contribution in [3.05, 3.63) is 69.0 Å². The maximum absolute atomic E-state index is 12.9. The van der Waals surface area contributed by atoms with Crippen LogP contribution in [0.1, 0.15) is 26.3 Å². The zero-order chi connectivity index (χ0) is 28.5. The number of hydrogen-bond acceptors (Lipinski definition) is 11. The highest BCUT2D eigenvalue weighted by Crippen LogP contribution is 2.37. The summed E-state index contributed by atoms with van der Waals surface area (Å²) in [6.45, 7) is 3.53. The van der Waals surface area contributed by atoms with Crippen molar-refractivity contribution in [3.63, 3.8) is 0 Å². The average Bonchev–Trinajstić information content (AvgIpc) is 2.88. The van der Waals surface area contributed by atoms with Crippen LogP contribution in [-0.4, -0.2) is 66.0 Å². The van der Waals surface area contributed by atoms with Gasteiger partial charge in [0.25, 0.3) is 5.56 Å². The Balaban J connectivity index is 1.89. The number of hydrogen-bond donors (Lipinski definition) is 0. The molecule has 0 N–H and O–H groups in total. The Morgan fingerprint density at radius 3 is 2.28 bits per heavy atom. The van der Waals surface area contributed by atoms with Crippen LogP contribution in [0, 0.1) is 0 Å². The van der Waals surface area contributed by atoms with E-state index in [0.717, 1.165) is 24.2 Å². The van der Waals surface area contributed by atoms with Gasteiger partial charge in [0, 0.05) is 42.8 Å². The third kappa shape index (κ3) is 8.24. The molecule has 14 heteroatoms. The Hall–Kier alpha value is -4.00. The van der Waals surface area contributed by atoms with Crippen LogP contribution in [0.15, 0.2) is 57.4 Å². The molecule has 1 saturated heterocycles. The molecule has 1 fully saturated rings. The normalized spacial score (nSPS) is 22.2. The van der Waals surface area contributed by atoms with E-state index in [1.807, 2.05) is 12.1 Å². The number of esters is 3. The van der Waals surface area contributed by atoms with E-state index in [4.69, 9.17) is 23.7 Å². The number of pyridine rings is 1. The van der Waals surface area contributed by atoms with E-state index < -0.39 is 47.7 Å². The second-order valence-corrected chi connectivity index (χ2v) is 9.66. The topological polar surface area (TPSA) is 168 Å². The predicted octanol–water partition coefficient (Wildman–Crippen LogP) is 2.83. The monoisotopic (exact) mass is 560 g/mol. The minimum absolute atomic E-state index is 0.295. The number of ether oxygens (including phenoxy) is 5. The number of carbonyl (C=O) groups excluding carboxylic acids is 3. The summed E-state index contributed by atoms with van der Waals surface area (Å²) in [5.74, 6) is -1.30. The van der Waals surface area contributed by atoms with Crippen molar-refractivity contribution in [2.45, 2.75) is 62.0 Å². The molecule has 3 unspecified atom stereocenters. The van der Waals surface area contributed by atoms with Crippen LogP contribution in [0.4, 0.5) is 0 Å². The Kier molecular flexibility index (Phi) is 10.4. The van der Waals surface area contributed by atoms with Crippen LogP contribution in [0.3, 0.4) is 0 Å². The molecule has 3 rings (SSSR count). The van der Waals surface area contributed by atoms with E-state index >= 15 is 0 Å². The van der Waals surface area contributed by atoms with E-state index in [2.05, 4.69) is 10.0 Å². The fraction of sp³-hybridized carbons (Fsp3) is 0.440. The molecule has 0 aliphatic carbocycles. The van der Waals surface area contributed by atoms with Gasteiger partial charge in [-0.25, -0.2) is 0 Å². The molecule has 13 nitrogen and oxygen atoms in total. The lowest BCUT2D eigenvalue weighted by Gasteiger charge is -2.43. The molecule has 2 heterocycles. The molecule has 2 aromatic rings. The number of carbonyl (C=O) groups is 3. The zero-order valence-electron chi connectivity index (χ0n) is 21.7. The maximum atomic E-state index is 12.9. The minimum Gasteiger partial charge on any atom is -0.497 e. The maximum Gasteiger partial charge on any atom is 0.303 e. The first kappa shape index (κ1) is 29.6. The third-order valence-electron chi connectivity index (χ3n) is 5.59. The molecular weight excluding hydrogens is 532 g/mol. The molecule has 1 aromatic heterocycles. The Morgan fingerprint density at radius 2 is 1.72 bits per heavy atom. The van der Waals surface area contributed by atoms with Gasteiger partial charge in [-0.05, 0) is 29.3 Å². The van der Waals surface area contributed by atoms with E-state index in [1.165, 1.54) is 24.5 Å². The van der Waals surface area contributed by atoms with Crippen LogP contribution in [0.5, 0.6) is 5.75 Å². The molecule has 0 saturated carbocycles. The highest BCUT2D eigenvalue weighted by Gasteiger charge is 2.50. The smallest absolute Gasteiger partial charge is 0.303 e. The number of azide groups is 1. The Morgan fingerprint density at radius 1 is 1.05 bits per heavy atom. The second kappa shape index (κ2) is 13.7. The quantitative estimate of drug-likeness (QED) is 0.138. The molecule has 0 radical (unpaired) electrons. The van der Waals surface area contributed by atoms with Crippen LogP contribution < -0.4 is 10.3 Å². The van der Waals surface area contributed by atoms with E-state index in [-0.39, 0.29) is 12.2 Å². The van der Waals surface area contributed by atoms with Gasteiger partial charge >= 0.3 is 17.9 Å². The van der Waals surface area contributed by atoms with Crippen molar-refractivity contribution in [1.82, 2.24) is 4.57 Å². The van der Waals surface area contributed by atoms with Crippen LogP contribution >= 0.6 is 11.8 Å². The first-order chi connectivity index (χ1) is 18.6. The largest absolute Gasteiger partial charge is 0.497 e. The molecular formula is C25H28N4O9S. The third-order valence-corrected chi connectivity index (χ3v) is 6.73. The Bertz CT molecular complexity index is 1290. The summed E-state index contributed by atoms with van der Waals surface area (Å²) >= 11 is 1.04. The number of thioether (sulfide) groups is 1. The SMILES string of the molecule is COc1ccc(Cn2ccc(S[C@H]3OC(COC(C)=O)[C@H](OC(C)=O)C(N=[N+]=[N-])C3OC(C)=O)cc2=O)cc1. The molecule has 208 valence electrons. The number of methoxy groups -OCH3 is 1. The first-order valence-corrected chi connectivity index (χ1v) is 12.7. The van der Waals surface area contributed by atoms with Crippen molar-refractivity contribution in [2.24, 2.45) is 5.11 Å². The molecule has 5 atom stereocenters. The number of nitrogens with zero attached hydrogens (tertiary/aromatic N) is 4. The summed E-state index contributed by atoms with van der Waals surface area (Å²) in [7, 11) is 1.57. The van der Waals surface area contributed by atoms with Gasteiger partial charge in [-0.15, -0.1) is 0 Å². The lowest BCUT2D eigenvalue weighted by Crippen LogP contribution is -2.59. The number of benzene rings is 1. The fourth-order valence-electron chi connectivity index (χ4n) is 3.92. The van der Waals surface area contributed by atoms with Crippen LogP contribution in [-0.2, 0) is 39.9 Å². The van der Waals surface area contributed by atoms with Gasteiger partial charge in [0.15, 0.2) is 0 Å². The predicted molar refractivity (Wildman–Crippen MR) is 138 cm³/mol. The van der Waals surface area contributed by atoms with Crippen molar-refractivity contribution < 1.29 is 38.1 Å². The zero-order valence-corrected chi connectivity index (χ0v) is 22.5. The van der Waals surface area contributed by atoms with Crippen molar-refractivity contribution in [3.8, 4) is 5.75 Å². The van der Waals surface area contributed by atoms with Gasteiger partial charge in [0.05, 0.1) is 13.7 Å². The van der Waals surface area contributed by atoms with E-state index in [0.29, 0.717) is 17.2 Å². The lowest BCUT2D eigenvalue weighted by molar-refractivity contribution is -0.201. The number of rotatable bonds is 10. The highest BCUT2D eigenvalue weighted by atomic mass is 32.2. The molecule has 1 aliphatic heterocycles. The minimum atomic E-state index is -1.21. The van der Waals surface area contributed by atoms with Crippen LogP contribution in [0.2, 0.25) is 0 Å². The fourth-order valence-corrected chi connectivity index (χ4v) is 5.05. The molecule has 0 bridgehead atoms. The first-order valence-electron chi connectivity index (χ1n) is 11.8. The summed E-state index contributed by atoms with van der Waals surface area (Å²) in [4.78, 5) is 51.4. The lowest BCUT2D eigenvalue weighted by atomic mass is 9.97. The van der Waals surface area contributed by atoms with Crippen LogP contribution in [0.25, 0.3) is 10.4 Å². The summed E-state index contributed by atoms with van der Waals surface area (Å²) in [6, 6.07) is 9.18. The van der Waals surface area contributed by atoms with Crippen molar-refractivity contribution >= 4 is 29.7 Å². The molecule has 1 aliphatic rings. The molecule has 39 heavy (non-hydrogen) atoms. The van der Waals surface area contributed by atoms with E-state index in [9.17, 15) is 24.7 Å². The second-order valence-electron chi connectivity index (χ2n) is 8.48. The summed E-state index contributed by atoms with van der Waals surface area (Å²) in [5.41, 5.74) is 8.81. The van der Waals surface area contributed by atoms with E-state index in [1.54, 1.807) is 31.5 Å². The van der Waals surface area contributed by atoms with Gasteiger partial charge in [-0.3, -0.25) is 19.2 Å². The molecule has 0 spiro atoms. The average molecular weight is 561 g/mol. The van der Waals surface area contributed by atoms with Gasteiger partial charge in [0.1, 0.15) is 42.1 Å². The molecule has 1 aromatic carbocycles. The highest BCUT2D eigenvalue weighted by molar-refractivity contribution is 7.99. The standard InChI is InChI=1S/C25H28N4O9S/c1-14(30)35-13-20-23(36-15(2)31)22(27-28-26)24(37-16(3)32)25(38-20)39-19-9-10-29(21(33)11-19)12-17-5-7-18(34-4)8-6-17/h5-11,20,22-25H,12-13H2,1-4H3/t20?,22?,23-,24?,25+/m0/s1. The summed E-state index contributed by atoms with van der Waals surface area (Å²) in [6.07, 6.45) is -1.84. The summed E-state index contributed by atoms with van der Waals surface area (Å²) < 4.78 is 28.6. The van der Waals surface area contributed by atoms with Gasteiger partial charge in [-0.1, -0.05) is 29.0 Å². The van der Waals surface area contributed by atoms with Gasteiger partial charge in [0.2, 0.25) is 0 Å². The molecule has 0 amide bonds. The Labute approximate surface area is 227 Å². The number of aromatic nitrogens is 1.